The molecule has 1 aromatic heterocycles. The van der Waals surface area contributed by atoms with E-state index in [-0.39, 0.29) is 53.0 Å². The molecule has 0 aliphatic carbocycles. The number of nitrogens with one attached hydrogen (secondary N) is 5. The van der Waals surface area contributed by atoms with Crippen LogP contribution in [0.25, 0.3) is 0 Å². The van der Waals surface area contributed by atoms with Gasteiger partial charge < -0.3 is 36.7 Å². The third-order valence-corrected chi connectivity index (χ3v) is 7.82. The Morgan fingerprint density at radius 1 is 0.830 bits per heavy atom. The van der Waals surface area contributed by atoms with Crippen molar-refractivity contribution in [1.82, 2.24) is 31.5 Å². The maximum Gasteiger partial charge on any atom is 0.252 e. The highest BCUT2D eigenvalue weighted by molar-refractivity contribution is 5.98. The van der Waals surface area contributed by atoms with Gasteiger partial charge in [-0.05, 0) is 50.9 Å². The summed E-state index contributed by atoms with van der Waals surface area (Å²) in [4.78, 5) is 67.3. The van der Waals surface area contributed by atoms with Crippen molar-refractivity contribution in [3.63, 3.8) is 0 Å². The number of pyridine rings is 1. The number of carbonyl (C=O) groups is 5. The van der Waals surface area contributed by atoms with Gasteiger partial charge in [-0.2, -0.15) is 4.73 Å². The molecule has 13 nitrogen and oxygen atoms in total. The van der Waals surface area contributed by atoms with Crippen LogP contribution in [0.15, 0.2) is 24.5 Å². The van der Waals surface area contributed by atoms with Crippen LogP contribution in [0, 0.1) is 23.0 Å². The molecule has 47 heavy (non-hydrogen) atoms. The molecule has 0 radical (unpaired) electrons. The van der Waals surface area contributed by atoms with Crippen molar-refractivity contribution in [3.8, 4) is 0 Å². The summed E-state index contributed by atoms with van der Waals surface area (Å²) >= 11 is 0. The minimum atomic E-state index is -0.874. The maximum absolute atomic E-state index is 13.8. The molecule has 5 amide bonds. The number of nitrogens with zero attached hydrogens (tertiary/aromatic N) is 2. The minimum Gasteiger partial charge on any atom is -0.619 e. The average molecular weight is 662 g/mol. The fourth-order valence-corrected chi connectivity index (χ4v) is 5.24. The summed E-state index contributed by atoms with van der Waals surface area (Å²) in [6.07, 6.45) is 4.47. The lowest BCUT2D eigenvalue weighted by molar-refractivity contribution is -0.605. The second-order valence-corrected chi connectivity index (χ2v) is 13.4. The Morgan fingerprint density at radius 3 is 1.94 bits per heavy atom. The summed E-state index contributed by atoms with van der Waals surface area (Å²) in [7, 11) is 1.58. The Kier molecular flexibility index (Phi) is 18.0. The molecule has 0 aromatic carbocycles. The molecule has 266 valence electrons. The fraction of sp³-hybridized carbons (Fsp3) is 0.706. The molecule has 0 saturated carbocycles. The first-order valence-corrected chi connectivity index (χ1v) is 16.9. The molecule has 5 atom stereocenters. The Balaban J connectivity index is 3.05. The van der Waals surface area contributed by atoms with Crippen molar-refractivity contribution in [3.05, 3.63) is 35.3 Å². The van der Waals surface area contributed by atoms with Crippen LogP contribution >= 0.6 is 0 Å². The van der Waals surface area contributed by atoms with E-state index in [2.05, 4.69) is 26.6 Å². The Labute approximate surface area is 281 Å². The van der Waals surface area contributed by atoms with Crippen LogP contribution in [0.4, 0.5) is 0 Å². The molecular formula is C34H59N7O6. The molecule has 1 aromatic rings. The van der Waals surface area contributed by atoms with Gasteiger partial charge in [0.1, 0.15) is 18.1 Å². The van der Waals surface area contributed by atoms with Gasteiger partial charge in [0.15, 0.2) is 12.4 Å². The third-order valence-electron chi connectivity index (χ3n) is 7.82. The third kappa shape index (κ3) is 14.3. The summed E-state index contributed by atoms with van der Waals surface area (Å²) in [5.74, 6) is -1.53. The second-order valence-electron chi connectivity index (χ2n) is 13.4. The van der Waals surface area contributed by atoms with Gasteiger partial charge in [0.05, 0.1) is 11.6 Å². The molecule has 1 heterocycles. The van der Waals surface area contributed by atoms with E-state index in [0.717, 1.165) is 0 Å². The second kappa shape index (κ2) is 20.5. The highest BCUT2D eigenvalue weighted by Crippen LogP contribution is 2.15. The summed E-state index contributed by atoms with van der Waals surface area (Å²) in [5, 5.41) is 26.1. The van der Waals surface area contributed by atoms with Crippen molar-refractivity contribution >= 4 is 29.5 Å². The van der Waals surface area contributed by atoms with Crippen molar-refractivity contribution in [2.45, 2.75) is 118 Å². The zero-order valence-corrected chi connectivity index (χ0v) is 30.0. The molecular weight excluding hydrogens is 602 g/mol. The summed E-state index contributed by atoms with van der Waals surface area (Å²) in [6.45, 7) is 17.9. The van der Waals surface area contributed by atoms with Crippen LogP contribution in [-0.4, -0.2) is 84.8 Å². The van der Waals surface area contributed by atoms with Crippen molar-refractivity contribution in [2.24, 2.45) is 17.8 Å². The van der Waals surface area contributed by atoms with Gasteiger partial charge >= 0.3 is 0 Å². The number of hydrogen-bond donors (Lipinski definition) is 5. The zero-order chi connectivity index (χ0) is 35.8. The molecule has 0 fully saturated rings. The van der Waals surface area contributed by atoms with Gasteiger partial charge in [0.2, 0.25) is 23.6 Å². The van der Waals surface area contributed by atoms with E-state index < -0.39 is 30.1 Å². The van der Waals surface area contributed by atoms with Crippen molar-refractivity contribution in [2.75, 3.05) is 20.1 Å². The van der Waals surface area contributed by atoms with Gasteiger partial charge in [-0.15, -0.1) is 0 Å². The van der Waals surface area contributed by atoms with E-state index in [9.17, 15) is 29.2 Å². The zero-order valence-electron chi connectivity index (χ0n) is 30.0. The Hall–Kier alpha value is -3.74. The molecule has 0 aliphatic heterocycles. The standard InChI is InChI=1S/C34H59N7O6/c1-11-13-28(40(10)34(46)27(19-22(5)6)38-31(43)25-14-16-41(47)17-15-25)32(44)37-26(18-21(3)4)20-36-24(9)30(42)39-29(23(7)8)33(45)35-12-2/h14-17,21-24,26-29,36H,11-13,18-20H2,1-10H3,(H,35,45)(H,37,44)(H,38,43)(H,39,42)/t24-,26-,27-,28-,29-/m0/s1. The monoisotopic (exact) mass is 661 g/mol. The normalized spacial score (nSPS) is 14.6. The number of amides is 5. The molecule has 0 bridgehead atoms. The fourth-order valence-electron chi connectivity index (χ4n) is 5.24. The van der Waals surface area contributed by atoms with E-state index in [1.54, 1.807) is 14.0 Å². The van der Waals surface area contributed by atoms with Crippen molar-refractivity contribution in [1.29, 1.82) is 0 Å². The lowest BCUT2D eigenvalue weighted by atomic mass is 9.99. The predicted molar refractivity (Wildman–Crippen MR) is 182 cm³/mol. The first-order valence-electron chi connectivity index (χ1n) is 16.9. The molecule has 13 heteroatoms. The van der Waals surface area contributed by atoms with Gasteiger partial charge in [0.25, 0.3) is 5.91 Å². The topological polar surface area (TPSA) is 176 Å². The lowest BCUT2D eigenvalue weighted by Gasteiger charge is -2.33. The summed E-state index contributed by atoms with van der Waals surface area (Å²) in [5.41, 5.74) is 0.250. The largest absolute Gasteiger partial charge is 0.619 e. The summed E-state index contributed by atoms with van der Waals surface area (Å²) in [6, 6.07) is -0.516. The molecule has 0 saturated heterocycles. The molecule has 5 N–H and O–H groups in total. The predicted octanol–water partition coefficient (Wildman–Crippen LogP) is 1.88. The van der Waals surface area contributed by atoms with Gasteiger partial charge in [0, 0.05) is 38.3 Å². The number of likely N-dealkylation sites (N-methyl/N-ethyl adjacent to an activating group) is 2. The van der Waals surface area contributed by atoms with E-state index >= 15 is 0 Å². The first-order chi connectivity index (χ1) is 22.0. The first kappa shape index (κ1) is 41.3. The van der Waals surface area contributed by atoms with E-state index in [1.165, 1.54) is 29.4 Å². The van der Waals surface area contributed by atoms with Crippen LogP contribution in [0.1, 0.15) is 98.4 Å². The Morgan fingerprint density at radius 2 is 1.43 bits per heavy atom. The number of aromatic nitrogens is 1. The summed E-state index contributed by atoms with van der Waals surface area (Å²) < 4.78 is 0.573. The van der Waals surface area contributed by atoms with Crippen LogP contribution in [0.2, 0.25) is 0 Å². The van der Waals surface area contributed by atoms with Crippen molar-refractivity contribution < 1.29 is 28.7 Å². The van der Waals surface area contributed by atoms with E-state index in [1.807, 2.05) is 55.4 Å². The van der Waals surface area contributed by atoms with Crippen LogP contribution < -0.4 is 31.3 Å². The smallest absolute Gasteiger partial charge is 0.252 e. The Bertz CT molecular complexity index is 1160. The van der Waals surface area contributed by atoms with Gasteiger partial charge in [-0.1, -0.05) is 54.9 Å². The molecule has 0 aliphatic rings. The number of hydrogen-bond acceptors (Lipinski definition) is 7. The molecule has 1 rings (SSSR count). The lowest BCUT2D eigenvalue weighted by Crippen LogP contribution is -2.57. The van der Waals surface area contributed by atoms with E-state index in [4.69, 9.17) is 0 Å². The number of carbonyl (C=O) groups excluding carboxylic acids is 5. The maximum atomic E-state index is 13.8. The van der Waals surface area contributed by atoms with Gasteiger partial charge in [-0.25, -0.2) is 0 Å². The van der Waals surface area contributed by atoms with E-state index in [0.29, 0.717) is 43.5 Å². The minimum absolute atomic E-state index is 0.0770. The molecule has 0 unspecified atom stereocenters. The number of rotatable bonds is 20. The van der Waals surface area contributed by atoms with Gasteiger partial charge in [-0.3, -0.25) is 24.0 Å². The van der Waals surface area contributed by atoms with Crippen LogP contribution in [-0.2, 0) is 19.2 Å². The quantitative estimate of drug-likeness (QED) is 0.105. The average Bonchev–Trinajstić information content (AvgIpc) is 2.99. The van der Waals surface area contributed by atoms with Crippen LogP contribution in [0.5, 0.6) is 0 Å². The van der Waals surface area contributed by atoms with Crippen LogP contribution in [0.3, 0.4) is 0 Å². The highest BCUT2D eigenvalue weighted by Gasteiger charge is 2.33. The SMILES string of the molecule is CCC[C@@H](C(=O)N[C@H](CN[C@@H](C)C(=O)N[C@H](C(=O)NCC)C(C)C)CC(C)C)N(C)C(=O)[C@H](CC(C)C)NC(=O)c1cc[n+]([O-])cc1. The highest BCUT2D eigenvalue weighted by atomic mass is 16.5. The molecule has 0 spiro atoms.